The Morgan fingerprint density at radius 1 is 1.04 bits per heavy atom. The van der Waals surface area contributed by atoms with E-state index in [1.54, 1.807) is 24.3 Å². The van der Waals surface area contributed by atoms with Gasteiger partial charge in [-0.25, -0.2) is 8.42 Å². The van der Waals surface area contributed by atoms with Crippen LogP contribution in [0.5, 0.6) is 5.75 Å². The number of nitrogens with one attached hydrogen (secondary N) is 1. The van der Waals surface area contributed by atoms with Gasteiger partial charge in [-0.15, -0.1) is 0 Å². The number of aryl methyl sites for hydroxylation is 1. The number of carbonyl (C=O) groups excluding carboxylic acids is 2. The quantitative estimate of drug-likeness (QED) is 0.616. The minimum atomic E-state index is -3.86. The van der Waals surface area contributed by atoms with Crippen LogP contribution in [0.25, 0.3) is 0 Å². The summed E-state index contributed by atoms with van der Waals surface area (Å²) in [5.74, 6) is -0.586. The highest BCUT2D eigenvalue weighted by atomic mass is 32.2. The molecule has 0 aliphatic heterocycles. The monoisotopic (exact) mass is 376 g/mol. The summed E-state index contributed by atoms with van der Waals surface area (Å²) in [6.07, 6.45) is 0. The maximum absolute atomic E-state index is 12.5. The van der Waals surface area contributed by atoms with E-state index in [4.69, 9.17) is 4.74 Å². The summed E-state index contributed by atoms with van der Waals surface area (Å²) in [5.41, 5.74) is 1.50. The Balaban J connectivity index is 2.04. The summed E-state index contributed by atoms with van der Waals surface area (Å²) in [6, 6.07) is 12.6. The Morgan fingerprint density at radius 3 is 2.15 bits per heavy atom. The van der Waals surface area contributed by atoms with E-state index in [2.05, 4.69) is 5.32 Å². The average molecular weight is 376 g/mol. The second kappa shape index (κ2) is 8.11. The van der Waals surface area contributed by atoms with Gasteiger partial charge in [-0.2, -0.15) is 4.31 Å². The molecule has 0 aliphatic rings. The van der Waals surface area contributed by atoms with E-state index in [9.17, 15) is 18.0 Å². The van der Waals surface area contributed by atoms with Crippen molar-refractivity contribution in [1.82, 2.24) is 4.31 Å². The van der Waals surface area contributed by atoms with Crippen molar-refractivity contribution in [3.63, 3.8) is 0 Å². The number of hydrogen-bond acceptors (Lipinski definition) is 5. The molecular weight excluding hydrogens is 356 g/mol. The first-order valence-corrected chi connectivity index (χ1v) is 9.24. The second-order valence-corrected chi connectivity index (χ2v) is 7.80. The van der Waals surface area contributed by atoms with Crippen LogP contribution in [0.3, 0.4) is 0 Å². The lowest BCUT2D eigenvalue weighted by atomic mass is 10.2. The van der Waals surface area contributed by atoms with Crippen molar-refractivity contribution in [1.29, 1.82) is 0 Å². The molecule has 0 fully saturated rings. The Bertz CT molecular complexity index is 890. The van der Waals surface area contributed by atoms with Crippen molar-refractivity contribution in [2.24, 2.45) is 0 Å². The van der Waals surface area contributed by atoms with E-state index >= 15 is 0 Å². The molecule has 0 saturated heterocycles. The number of amides is 1. The van der Waals surface area contributed by atoms with E-state index in [0.29, 0.717) is 11.4 Å². The third kappa shape index (κ3) is 5.14. The molecule has 2 aromatic carbocycles. The molecule has 8 heteroatoms. The van der Waals surface area contributed by atoms with Crippen molar-refractivity contribution < 1.29 is 22.7 Å². The Kier molecular flexibility index (Phi) is 6.12. The number of nitrogens with zero attached hydrogens (tertiary/aromatic N) is 1. The van der Waals surface area contributed by atoms with Gasteiger partial charge in [0.25, 0.3) is 0 Å². The van der Waals surface area contributed by atoms with Gasteiger partial charge in [0.2, 0.25) is 15.9 Å². The maximum Gasteiger partial charge on any atom is 0.326 e. The molecule has 0 atom stereocenters. The standard InChI is InChI=1S/C18H20N2O5S/c1-13-4-8-16(9-5-13)25-18(22)12-20(3)26(23,24)17-10-6-15(7-11-17)19-14(2)21/h4-11H,12H2,1-3H3,(H,19,21). The van der Waals surface area contributed by atoms with E-state index in [1.165, 1.54) is 38.2 Å². The molecule has 0 saturated carbocycles. The van der Waals surface area contributed by atoms with E-state index in [0.717, 1.165) is 9.87 Å². The van der Waals surface area contributed by atoms with E-state index in [-0.39, 0.29) is 10.8 Å². The van der Waals surface area contributed by atoms with Crippen LogP contribution < -0.4 is 10.1 Å². The van der Waals surface area contributed by atoms with Crippen LogP contribution in [0.15, 0.2) is 53.4 Å². The van der Waals surface area contributed by atoms with Gasteiger partial charge in [0.1, 0.15) is 12.3 Å². The molecule has 0 bridgehead atoms. The zero-order valence-corrected chi connectivity index (χ0v) is 15.5. The SMILES string of the molecule is CC(=O)Nc1ccc(S(=O)(=O)N(C)CC(=O)Oc2ccc(C)cc2)cc1. The molecule has 1 amide bonds. The molecule has 0 unspecified atom stereocenters. The molecular formula is C18H20N2O5S. The van der Waals surface area contributed by atoms with Crippen molar-refractivity contribution in [3.05, 3.63) is 54.1 Å². The topological polar surface area (TPSA) is 92.8 Å². The van der Waals surface area contributed by atoms with Crippen LogP contribution in [0, 0.1) is 6.92 Å². The minimum Gasteiger partial charge on any atom is -0.426 e. The fourth-order valence-corrected chi connectivity index (χ4v) is 3.25. The highest BCUT2D eigenvalue weighted by Crippen LogP contribution is 2.18. The number of esters is 1. The molecule has 0 aromatic heterocycles. The van der Waals surface area contributed by atoms with Crippen LogP contribution in [0.1, 0.15) is 12.5 Å². The van der Waals surface area contributed by atoms with Crippen molar-refractivity contribution >= 4 is 27.6 Å². The van der Waals surface area contributed by atoms with Gasteiger partial charge < -0.3 is 10.1 Å². The molecule has 1 N–H and O–H groups in total. The van der Waals surface area contributed by atoms with Gasteiger partial charge >= 0.3 is 5.97 Å². The van der Waals surface area contributed by atoms with Crippen LogP contribution in [0.4, 0.5) is 5.69 Å². The number of benzene rings is 2. The Hall–Kier alpha value is -2.71. The first-order valence-electron chi connectivity index (χ1n) is 7.80. The van der Waals surface area contributed by atoms with Crippen LogP contribution in [0.2, 0.25) is 0 Å². The minimum absolute atomic E-state index is 0.0113. The number of carbonyl (C=O) groups is 2. The number of hydrogen-bond donors (Lipinski definition) is 1. The molecule has 138 valence electrons. The number of rotatable bonds is 6. The van der Waals surface area contributed by atoms with Crippen LogP contribution in [-0.4, -0.2) is 38.2 Å². The summed E-state index contributed by atoms with van der Waals surface area (Å²) < 4.78 is 31.1. The normalized spacial score (nSPS) is 11.2. The van der Waals surface area contributed by atoms with Crippen LogP contribution >= 0.6 is 0 Å². The van der Waals surface area contributed by atoms with Gasteiger partial charge in [-0.3, -0.25) is 9.59 Å². The number of anilines is 1. The predicted molar refractivity (Wildman–Crippen MR) is 97.4 cm³/mol. The molecule has 2 aromatic rings. The summed E-state index contributed by atoms with van der Waals surface area (Å²) in [6.45, 7) is 2.84. The largest absolute Gasteiger partial charge is 0.426 e. The molecule has 2 rings (SSSR count). The number of sulfonamides is 1. The van der Waals surface area contributed by atoms with Crippen LogP contribution in [-0.2, 0) is 19.6 Å². The Morgan fingerprint density at radius 2 is 1.62 bits per heavy atom. The highest BCUT2D eigenvalue weighted by Gasteiger charge is 2.23. The molecule has 0 heterocycles. The van der Waals surface area contributed by atoms with Crippen molar-refractivity contribution in [2.45, 2.75) is 18.7 Å². The molecule has 7 nitrogen and oxygen atoms in total. The van der Waals surface area contributed by atoms with Gasteiger partial charge in [0.15, 0.2) is 0 Å². The Labute approximate surface area is 152 Å². The smallest absolute Gasteiger partial charge is 0.326 e. The fourth-order valence-electron chi connectivity index (χ4n) is 2.13. The zero-order chi connectivity index (χ0) is 19.3. The molecule has 26 heavy (non-hydrogen) atoms. The summed E-state index contributed by atoms with van der Waals surface area (Å²) >= 11 is 0. The molecule has 0 spiro atoms. The highest BCUT2D eigenvalue weighted by molar-refractivity contribution is 7.89. The maximum atomic E-state index is 12.5. The number of ether oxygens (including phenoxy) is 1. The molecule has 0 aliphatic carbocycles. The van der Waals surface area contributed by atoms with Gasteiger partial charge in [-0.05, 0) is 43.3 Å². The predicted octanol–water partition coefficient (Wildman–Crippen LogP) is 2.18. The van der Waals surface area contributed by atoms with E-state index < -0.39 is 22.5 Å². The zero-order valence-electron chi connectivity index (χ0n) is 14.7. The van der Waals surface area contributed by atoms with Crippen molar-refractivity contribution in [3.8, 4) is 5.75 Å². The first-order chi connectivity index (χ1) is 12.2. The fraction of sp³-hybridized carbons (Fsp3) is 0.222. The first kappa shape index (κ1) is 19.6. The van der Waals surface area contributed by atoms with Gasteiger partial charge in [0, 0.05) is 19.7 Å². The lowest BCUT2D eigenvalue weighted by Gasteiger charge is -2.16. The summed E-state index contributed by atoms with van der Waals surface area (Å²) in [4.78, 5) is 23.0. The second-order valence-electron chi connectivity index (χ2n) is 5.75. The third-order valence-corrected chi connectivity index (χ3v) is 5.30. The molecule has 0 radical (unpaired) electrons. The van der Waals surface area contributed by atoms with Gasteiger partial charge in [0.05, 0.1) is 4.90 Å². The van der Waals surface area contributed by atoms with E-state index in [1.807, 2.05) is 6.92 Å². The summed E-state index contributed by atoms with van der Waals surface area (Å²) in [5, 5.41) is 2.55. The third-order valence-electron chi connectivity index (χ3n) is 3.49. The lowest BCUT2D eigenvalue weighted by molar-refractivity contribution is -0.134. The lowest BCUT2D eigenvalue weighted by Crippen LogP contribution is -2.34. The van der Waals surface area contributed by atoms with Crippen molar-refractivity contribution in [2.75, 3.05) is 18.9 Å². The average Bonchev–Trinajstić information content (AvgIpc) is 2.56. The van der Waals surface area contributed by atoms with Gasteiger partial charge in [-0.1, -0.05) is 17.7 Å². The summed E-state index contributed by atoms with van der Waals surface area (Å²) in [7, 11) is -2.56. The number of likely N-dealkylation sites (N-methyl/N-ethyl adjacent to an activating group) is 1.